The number of rotatable bonds is 18. The molecule has 0 radical (unpaired) electrons. The Morgan fingerprint density at radius 3 is 2.00 bits per heavy atom. The van der Waals surface area contributed by atoms with Crippen LogP contribution >= 0.6 is 23.5 Å². The van der Waals surface area contributed by atoms with Gasteiger partial charge in [0, 0.05) is 19.4 Å². The van der Waals surface area contributed by atoms with E-state index in [0.717, 1.165) is 17.1 Å². The van der Waals surface area contributed by atoms with Crippen molar-refractivity contribution < 1.29 is 38.7 Å². The van der Waals surface area contributed by atoms with Gasteiger partial charge < -0.3 is 26.4 Å². The average Bonchev–Trinajstić information content (AvgIpc) is 3.24. The summed E-state index contributed by atoms with van der Waals surface area (Å²) in [6.07, 6.45) is 4.67. The van der Waals surface area contributed by atoms with Gasteiger partial charge in [0.15, 0.2) is 0 Å². The summed E-state index contributed by atoms with van der Waals surface area (Å²) in [4.78, 5) is 83.2. The van der Waals surface area contributed by atoms with Crippen molar-refractivity contribution in [1.82, 2.24) is 26.2 Å². The maximum atomic E-state index is 12.5. The van der Waals surface area contributed by atoms with Crippen molar-refractivity contribution in [2.45, 2.75) is 110 Å². The molecule has 0 aromatic carbocycles. The molecule has 43 heavy (non-hydrogen) atoms. The first kappa shape index (κ1) is 42.3. The number of carboxylic acid groups (broad SMARTS) is 1. The number of hydrogen-bond donors (Lipinski definition) is 5. The fourth-order valence-corrected chi connectivity index (χ4v) is 5.33. The molecule has 248 valence electrons. The van der Waals surface area contributed by atoms with E-state index < -0.39 is 41.1 Å². The molecular weight excluding hydrogens is 598 g/mol. The minimum atomic E-state index is -0.943. The third-order valence-corrected chi connectivity index (χ3v) is 7.93. The first-order chi connectivity index (χ1) is 20.4. The summed E-state index contributed by atoms with van der Waals surface area (Å²) in [7, 11) is 0. The molecule has 6 amide bonds. The van der Waals surface area contributed by atoms with Gasteiger partial charge in [0.1, 0.15) is 18.1 Å². The van der Waals surface area contributed by atoms with Crippen LogP contribution in [0.2, 0.25) is 0 Å². The van der Waals surface area contributed by atoms with E-state index in [-0.39, 0.29) is 43.6 Å². The lowest BCUT2D eigenvalue weighted by Crippen LogP contribution is -2.54. The Morgan fingerprint density at radius 2 is 1.47 bits per heavy atom. The first-order valence-corrected chi connectivity index (χ1v) is 16.9. The molecule has 5 N–H and O–H groups in total. The van der Waals surface area contributed by atoms with Crippen LogP contribution in [-0.4, -0.2) is 99.2 Å². The van der Waals surface area contributed by atoms with Crippen molar-refractivity contribution in [2.24, 2.45) is 0 Å². The van der Waals surface area contributed by atoms with Crippen LogP contribution in [-0.2, 0) is 33.6 Å². The number of carbonyl (C=O) groups is 7. The number of carbonyl (C=O) groups excluding carboxylic acids is 6. The molecule has 13 nitrogen and oxygen atoms in total. The molecule has 0 saturated carbocycles. The highest BCUT2D eigenvalue weighted by molar-refractivity contribution is 8.00. The number of imide groups is 1. The maximum Gasteiger partial charge on any atom is 0.290 e. The normalized spacial score (nSPS) is 15.9. The molecule has 1 aliphatic rings. The van der Waals surface area contributed by atoms with Gasteiger partial charge in [-0.3, -0.25) is 38.5 Å². The number of hydrogen-bond acceptors (Lipinski definition) is 9. The molecular formula is C28H51N5O8S2. The summed E-state index contributed by atoms with van der Waals surface area (Å²) in [5.41, 5.74) is 0. The Labute approximate surface area is 264 Å². The molecule has 1 saturated heterocycles. The Bertz CT molecular complexity index is 893. The van der Waals surface area contributed by atoms with E-state index >= 15 is 0 Å². The smallest absolute Gasteiger partial charge is 0.290 e. The molecule has 0 bridgehead atoms. The number of unbranched alkanes of at least 4 members (excludes halogenated alkanes) is 3. The van der Waals surface area contributed by atoms with Crippen LogP contribution in [0.4, 0.5) is 0 Å². The molecule has 1 heterocycles. The second-order valence-corrected chi connectivity index (χ2v) is 11.9. The second kappa shape index (κ2) is 25.7. The van der Waals surface area contributed by atoms with E-state index in [0.29, 0.717) is 11.6 Å². The molecule has 1 fully saturated rings. The monoisotopic (exact) mass is 649 g/mol. The molecule has 4 unspecified atom stereocenters. The van der Waals surface area contributed by atoms with E-state index in [2.05, 4.69) is 28.2 Å². The molecule has 0 spiro atoms. The van der Waals surface area contributed by atoms with Gasteiger partial charge >= 0.3 is 0 Å². The predicted octanol–water partition coefficient (Wildman–Crippen LogP) is 1.89. The number of likely N-dealkylation sites (tertiary alicyclic amines) is 1. The van der Waals surface area contributed by atoms with E-state index in [1.165, 1.54) is 44.9 Å². The molecule has 15 heteroatoms. The lowest BCUT2D eigenvalue weighted by Gasteiger charge is -2.21. The van der Waals surface area contributed by atoms with Crippen LogP contribution in [0.5, 0.6) is 0 Å². The Kier molecular flexibility index (Phi) is 25.3. The highest BCUT2D eigenvalue weighted by Gasteiger charge is 2.38. The van der Waals surface area contributed by atoms with Crippen molar-refractivity contribution >= 4 is 65.4 Å². The average molecular weight is 650 g/mol. The topological polar surface area (TPSA) is 191 Å². The van der Waals surface area contributed by atoms with Gasteiger partial charge in [0.25, 0.3) is 6.47 Å². The first-order valence-electron chi connectivity index (χ1n) is 14.7. The Balaban J connectivity index is 0. The van der Waals surface area contributed by atoms with Gasteiger partial charge in [0.05, 0.1) is 11.1 Å². The van der Waals surface area contributed by atoms with E-state index in [1.807, 2.05) is 20.8 Å². The third-order valence-electron chi connectivity index (χ3n) is 5.90. The summed E-state index contributed by atoms with van der Waals surface area (Å²) in [6, 6.07) is -2.65. The molecule has 4 atom stereocenters. The van der Waals surface area contributed by atoms with Crippen molar-refractivity contribution in [3.05, 3.63) is 0 Å². The zero-order chi connectivity index (χ0) is 33.4. The van der Waals surface area contributed by atoms with E-state index in [4.69, 9.17) is 9.90 Å². The number of thioether (sulfide) groups is 2. The van der Waals surface area contributed by atoms with Gasteiger partial charge in [-0.1, -0.05) is 47.0 Å². The summed E-state index contributed by atoms with van der Waals surface area (Å²) < 4.78 is 0. The zero-order valence-corrected chi connectivity index (χ0v) is 28.2. The zero-order valence-electron chi connectivity index (χ0n) is 26.5. The molecule has 0 aromatic rings. The number of amides is 6. The van der Waals surface area contributed by atoms with Crippen LogP contribution in [0, 0.1) is 0 Å². The quantitative estimate of drug-likeness (QED) is 0.0634. The fourth-order valence-electron chi connectivity index (χ4n) is 3.60. The van der Waals surface area contributed by atoms with Crippen molar-refractivity contribution in [3.8, 4) is 0 Å². The molecule has 0 aromatic heterocycles. The molecule has 1 rings (SSSR count). The lowest BCUT2D eigenvalue weighted by molar-refractivity contribution is -0.139. The summed E-state index contributed by atoms with van der Waals surface area (Å²) in [5.74, 6) is -0.362. The van der Waals surface area contributed by atoms with Gasteiger partial charge in [-0.2, -0.15) is 0 Å². The number of nitrogens with one attached hydrogen (secondary N) is 4. The minimum Gasteiger partial charge on any atom is -0.483 e. The SMILES string of the molecule is CC.CCCCCCSCNC(=O)C(C)NC(=O)C(C)NC(=O)C(C)NC(=O)CCN1C(=O)CC(SCC)C1=O.O=CO. The van der Waals surface area contributed by atoms with Crippen molar-refractivity contribution in [1.29, 1.82) is 0 Å². The van der Waals surface area contributed by atoms with Gasteiger partial charge in [-0.25, -0.2) is 0 Å². The van der Waals surface area contributed by atoms with Crippen LogP contribution in [0.3, 0.4) is 0 Å². The summed E-state index contributed by atoms with van der Waals surface area (Å²) in [6.45, 7) is 12.3. The van der Waals surface area contributed by atoms with Gasteiger partial charge in [0.2, 0.25) is 35.4 Å². The number of nitrogens with zero attached hydrogens (tertiary/aromatic N) is 1. The summed E-state index contributed by atoms with van der Waals surface area (Å²) in [5, 5.41) is 16.9. The third kappa shape index (κ3) is 18.5. The standard InChI is InChI=1S/C25H43N5O6S2.C2H6.CH2O2/c1-6-8-9-10-13-37-15-26-22(33)16(3)28-24(35)18(5)29-23(34)17(4)27-20(31)11-12-30-21(32)14-19(25(30)36)38-7-2;1-2;2-1-3/h16-19H,6-15H2,1-5H3,(H,26,33)(H,27,31)(H,28,35)(H,29,34);1-2H3;1H,(H,2,3). The van der Waals surface area contributed by atoms with E-state index in [9.17, 15) is 28.8 Å². The van der Waals surface area contributed by atoms with Crippen LogP contribution in [0.25, 0.3) is 0 Å². The second-order valence-electron chi connectivity index (χ2n) is 9.29. The maximum absolute atomic E-state index is 12.5. The highest BCUT2D eigenvalue weighted by Crippen LogP contribution is 2.24. The summed E-state index contributed by atoms with van der Waals surface area (Å²) >= 11 is 3.03. The Hall–Kier alpha value is -2.81. The largest absolute Gasteiger partial charge is 0.483 e. The van der Waals surface area contributed by atoms with Crippen LogP contribution < -0.4 is 21.3 Å². The molecule has 1 aliphatic heterocycles. The fraction of sp³-hybridized carbons (Fsp3) is 0.750. The lowest BCUT2D eigenvalue weighted by atomic mass is 10.2. The predicted molar refractivity (Wildman–Crippen MR) is 170 cm³/mol. The van der Waals surface area contributed by atoms with Crippen molar-refractivity contribution in [3.63, 3.8) is 0 Å². The molecule has 0 aliphatic carbocycles. The highest BCUT2D eigenvalue weighted by atomic mass is 32.2. The van der Waals surface area contributed by atoms with Gasteiger partial charge in [-0.15, -0.1) is 23.5 Å². The van der Waals surface area contributed by atoms with E-state index in [1.54, 1.807) is 18.7 Å². The Morgan fingerprint density at radius 1 is 0.930 bits per heavy atom. The van der Waals surface area contributed by atoms with Gasteiger partial charge in [-0.05, 0) is 38.7 Å². The minimum absolute atomic E-state index is 0.0469. The van der Waals surface area contributed by atoms with Crippen LogP contribution in [0.1, 0.15) is 87.0 Å². The van der Waals surface area contributed by atoms with Crippen molar-refractivity contribution in [2.75, 3.05) is 23.9 Å². The van der Waals surface area contributed by atoms with Crippen LogP contribution in [0.15, 0.2) is 0 Å².